The number of oxazole rings is 1. The van der Waals surface area contributed by atoms with Gasteiger partial charge in [0.15, 0.2) is 11.7 Å². The van der Waals surface area contributed by atoms with Gasteiger partial charge >= 0.3 is 0 Å². The molecule has 0 fully saturated rings. The average Bonchev–Trinajstić information content (AvgIpc) is 2.79. The largest absolute Gasteiger partial charge is 0.441 e. The number of hydrogen-bond donors (Lipinski definition) is 0. The van der Waals surface area contributed by atoms with Crippen LogP contribution in [0.1, 0.15) is 23.4 Å². The summed E-state index contributed by atoms with van der Waals surface area (Å²) in [5.74, 6) is 2.23. The highest BCUT2D eigenvalue weighted by molar-refractivity contribution is 6.17. The molecule has 2 aromatic rings. The molecule has 0 saturated heterocycles. The lowest BCUT2D eigenvalue weighted by molar-refractivity contribution is 0.503. The van der Waals surface area contributed by atoms with Crippen LogP contribution < -0.4 is 0 Å². The van der Waals surface area contributed by atoms with Crippen molar-refractivity contribution in [2.45, 2.75) is 26.7 Å². The summed E-state index contributed by atoms with van der Waals surface area (Å²) in [7, 11) is 0. The summed E-state index contributed by atoms with van der Waals surface area (Å²) in [5, 5.41) is 0. The van der Waals surface area contributed by atoms with Crippen molar-refractivity contribution < 1.29 is 4.42 Å². The second kappa shape index (κ2) is 5.37. The number of aromatic nitrogens is 1. The summed E-state index contributed by atoms with van der Waals surface area (Å²) in [4.78, 5) is 4.26. The van der Waals surface area contributed by atoms with Crippen LogP contribution in [0.4, 0.5) is 0 Å². The van der Waals surface area contributed by atoms with Gasteiger partial charge in [-0.05, 0) is 37.5 Å². The van der Waals surface area contributed by atoms with Gasteiger partial charge in [-0.1, -0.05) is 12.1 Å². The quantitative estimate of drug-likeness (QED) is 0.762. The van der Waals surface area contributed by atoms with Crippen molar-refractivity contribution in [2.75, 3.05) is 5.88 Å². The number of benzene rings is 1. The standard InChI is InChI=1S/C14H16ClNO/c1-10-5-6-12(8-11(10)2)13-9-16-14(17-13)4-3-7-15/h5-6,8-9H,3-4,7H2,1-2H3. The molecule has 90 valence electrons. The number of hydrogen-bond acceptors (Lipinski definition) is 2. The smallest absolute Gasteiger partial charge is 0.194 e. The fourth-order valence-electron chi connectivity index (χ4n) is 1.67. The lowest BCUT2D eigenvalue weighted by Gasteiger charge is -2.01. The van der Waals surface area contributed by atoms with E-state index in [4.69, 9.17) is 16.0 Å². The van der Waals surface area contributed by atoms with Crippen LogP contribution in [-0.2, 0) is 6.42 Å². The maximum Gasteiger partial charge on any atom is 0.194 e. The number of alkyl halides is 1. The Kier molecular flexibility index (Phi) is 3.85. The van der Waals surface area contributed by atoms with Crippen molar-refractivity contribution >= 4 is 11.6 Å². The number of aryl methyl sites for hydroxylation is 3. The minimum Gasteiger partial charge on any atom is -0.441 e. The Bertz CT molecular complexity index is 505. The van der Waals surface area contributed by atoms with Gasteiger partial charge in [-0.25, -0.2) is 4.98 Å². The fraction of sp³-hybridized carbons (Fsp3) is 0.357. The molecule has 2 rings (SSSR count). The van der Waals surface area contributed by atoms with Gasteiger partial charge in [0.25, 0.3) is 0 Å². The molecule has 0 aliphatic heterocycles. The Hall–Kier alpha value is -1.28. The first kappa shape index (κ1) is 12.2. The molecule has 0 atom stereocenters. The van der Waals surface area contributed by atoms with E-state index in [1.165, 1.54) is 11.1 Å². The van der Waals surface area contributed by atoms with E-state index in [9.17, 15) is 0 Å². The predicted octanol–water partition coefficient (Wildman–Crippen LogP) is 4.13. The zero-order valence-corrected chi connectivity index (χ0v) is 10.9. The molecular weight excluding hydrogens is 234 g/mol. The lowest BCUT2D eigenvalue weighted by Crippen LogP contribution is -1.84. The topological polar surface area (TPSA) is 26.0 Å². The van der Waals surface area contributed by atoms with Gasteiger partial charge in [-0.3, -0.25) is 0 Å². The molecule has 0 aliphatic carbocycles. The van der Waals surface area contributed by atoms with Gasteiger partial charge in [0.1, 0.15) is 0 Å². The van der Waals surface area contributed by atoms with E-state index in [1.807, 2.05) is 0 Å². The lowest BCUT2D eigenvalue weighted by atomic mass is 10.1. The molecular formula is C14H16ClNO. The van der Waals surface area contributed by atoms with E-state index in [-0.39, 0.29) is 0 Å². The second-order valence-corrected chi connectivity index (χ2v) is 4.59. The first-order chi connectivity index (χ1) is 8.20. The first-order valence-electron chi connectivity index (χ1n) is 5.79. The van der Waals surface area contributed by atoms with Crippen LogP contribution >= 0.6 is 11.6 Å². The Morgan fingerprint density at radius 3 is 2.76 bits per heavy atom. The zero-order valence-electron chi connectivity index (χ0n) is 10.2. The predicted molar refractivity (Wildman–Crippen MR) is 70.5 cm³/mol. The minimum absolute atomic E-state index is 0.640. The van der Waals surface area contributed by atoms with Crippen LogP contribution in [0.15, 0.2) is 28.8 Å². The van der Waals surface area contributed by atoms with E-state index >= 15 is 0 Å². The molecule has 1 aromatic heterocycles. The van der Waals surface area contributed by atoms with Crippen LogP contribution in [0.3, 0.4) is 0 Å². The van der Waals surface area contributed by atoms with E-state index in [0.717, 1.165) is 30.1 Å². The third-order valence-corrected chi connectivity index (χ3v) is 3.14. The van der Waals surface area contributed by atoms with Crippen LogP contribution in [0.2, 0.25) is 0 Å². The summed E-state index contributed by atoms with van der Waals surface area (Å²) >= 11 is 5.64. The molecule has 0 aliphatic rings. The molecule has 0 radical (unpaired) electrons. The summed E-state index contributed by atoms with van der Waals surface area (Å²) in [5.41, 5.74) is 3.63. The van der Waals surface area contributed by atoms with Gasteiger partial charge in [-0.15, -0.1) is 11.6 Å². The van der Waals surface area contributed by atoms with Crippen molar-refractivity contribution in [1.82, 2.24) is 4.98 Å². The molecule has 0 bridgehead atoms. The van der Waals surface area contributed by atoms with Crippen molar-refractivity contribution in [3.05, 3.63) is 41.4 Å². The van der Waals surface area contributed by atoms with E-state index < -0.39 is 0 Å². The van der Waals surface area contributed by atoms with Gasteiger partial charge in [-0.2, -0.15) is 0 Å². The number of halogens is 1. The fourth-order valence-corrected chi connectivity index (χ4v) is 1.81. The Morgan fingerprint density at radius 1 is 1.24 bits per heavy atom. The van der Waals surface area contributed by atoms with Crippen molar-refractivity contribution in [1.29, 1.82) is 0 Å². The number of nitrogens with zero attached hydrogens (tertiary/aromatic N) is 1. The van der Waals surface area contributed by atoms with Gasteiger partial charge in [0.05, 0.1) is 6.20 Å². The first-order valence-corrected chi connectivity index (χ1v) is 6.32. The maximum absolute atomic E-state index is 5.70. The van der Waals surface area contributed by atoms with Crippen LogP contribution in [-0.4, -0.2) is 10.9 Å². The van der Waals surface area contributed by atoms with Gasteiger partial charge < -0.3 is 4.42 Å². The Balaban J connectivity index is 2.21. The molecule has 3 heteroatoms. The summed E-state index contributed by atoms with van der Waals surface area (Å²) in [6.07, 6.45) is 3.48. The highest BCUT2D eigenvalue weighted by Crippen LogP contribution is 2.23. The molecule has 17 heavy (non-hydrogen) atoms. The molecule has 1 aromatic carbocycles. The van der Waals surface area contributed by atoms with Crippen LogP contribution in [0.25, 0.3) is 11.3 Å². The van der Waals surface area contributed by atoms with Crippen LogP contribution in [0, 0.1) is 13.8 Å². The minimum atomic E-state index is 0.640. The molecule has 0 saturated carbocycles. The normalized spacial score (nSPS) is 10.8. The van der Waals surface area contributed by atoms with Crippen molar-refractivity contribution in [3.8, 4) is 11.3 Å². The Morgan fingerprint density at radius 2 is 2.06 bits per heavy atom. The van der Waals surface area contributed by atoms with E-state index in [1.54, 1.807) is 6.20 Å². The van der Waals surface area contributed by atoms with Crippen molar-refractivity contribution in [2.24, 2.45) is 0 Å². The van der Waals surface area contributed by atoms with E-state index in [2.05, 4.69) is 37.0 Å². The maximum atomic E-state index is 5.70. The highest BCUT2D eigenvalue weighted by Gasteiger charge is 2.06. The monoisotopic (exact) mass is 249 g/mol. The Labute approximate surface area is 107 Å². The van der Waals surface area contributed by atoms with E-state index in [0.29, 0.717) is 5.88 Å². The average molecular weight is 250 g/mol. The third-order valence-electron chi connectivity index (χ3n) is 2.87. The zero-order chi connectivity index (χ0) is 12.3. The van der Waals surface area contributed by atoms with Crippen molar-refractivity contribution in [3.63, 3.8) is 0 Å². The SMILES string of the molecule is Cc1ccc(-c2cnc(CCCCl)o2)cc1C. The molecule has 0 unspecified atom stereocenters. The second-order valence-electron chi connectivity index (χ2n) is 4.21. The molecule has 0 amide bonds. The summed E-state index contributed by atoms with van der Waals surface area (Å²) in [6.45, 7) is 4.20. The molecule has 0 spiro atoms. The molecule has 2 nitrogen and oxygen atoms in total. The number of rotatable bonds is 4. The summed E-state index contributed by atoms with van der Waals surface area (Å²) in [6, 6.07) is 6.29. The molecule has 1 heterocycles. The highest BCUT2D eigenvalue weighted by atomic mass is 35.5. The van der Waals surface area contributed by atoms with Gasteiger partial charge in [0, 0.05) is 17.9 Å². The van der Waals surface area contributed by atoms with Gasteiger partial charge in [0.2, 0.25) is 0 Å². The molecule has 0 N–H and O–H groups in total. The summed E-state index contributed by atoms with van der Waals surface area (Å²) < 4.78 is 5.70. The van der Waals surface area contributed by atoms with Crippen LogP contribution in [0.5, 0.6) is 0 Å². The third kappa shape index (κ3) is 2.89.